The Morgan fingerprint density at radius 3 is 2.08 bits per heavy atom. The minimum atomic E-state index is -0.788. The summed E-state index contributed by atoms with van der Waals surface area (Å²) >= 11 is 0. The number of aliphatic hydroxyl groups is 1. The molecular formula is C22H37BO3. The number of hydrogen-bond acceptors (Lipinski definition) is 3. The van der Waals surface area contributed by atoms with E-state index in [9.17, 15) is 5.11 Å². The van der Waals surface area contributed by atoms with Crippen LogP contribution in [0.25, 0.3) is 0 Å². The van der Waals surface area contributed by atoms with Crippen molar-refractivity contribution in [2.45, 2.75) is 104 Å². The molecule has 1 aliphatic heterocycles. The Morgan fingerprint density at radius 2 is 1.58 bits per heavy atom. The van der Waals surface area contributed by atoms with E-state index in [1.165, 1.54) is 11.1 Å². The molecule has 1 aromatic rings. The standard InChI is InChI=1S/C22H37BO3/c1-9-11-12-13-22(24,10-2)19-15-18(14-16(3)17(19)4)23-25-20(5,6)21(7,8)26-23/h14-15,24H,9-13H2,1-8H3. The second-order valence-electron chi connectivity index (χ2n) is 8.94. The second kappa shape index (κ2) is 7.65. The van der Waals surface area contributed by atoms with Gasteiger partial charge in [-0.1, -0.05) is 45.2 Å². The van der Waals surface area contributed by atoms with Crippen LogP contribution in [0.4, 0.5) is 0 Å². The molecule has 1 aliphatic rings. The van der Waals surface area contributed by atoms with Gasteiger partial charge in [-0.2, -0.15) is 0 Å². The van der Waals surface area contributed by atoms with Crippen molar-refractivity contribution in [2.24, 2.45) is 0 Å². The first kappa shape index (κ1) is 21.5. The maximum atomic E-state index is 11.4. The van der Waals surface area contributed by atoms with E-state index in [0.29, 0.717) is 6.42 Å². The van der Waals surface area contributed by atoms with Crippen molar-refractivity contribution in [1.82, 2.24) is 0 Å². The molecule has 0 amide bonds. The molecule has 4 heteroatoms. The van der Waals surface area contributed by atoms with Crippen LogP contribution in [-0.4, -0.2) is 23.4 Å². The van der Waals surface area contributed by atoms with Gasteiger partial charge >= 0.3 is 7.12 Å². The maximum absolute atomic E-state index is 11.4. The predicted octanol–water partition coefficient (Wildman–Crippen LogP) is 4.78. The van der Waals surface area contributed by atoms with E-state index >= 15 is 0 Å². The Morgan fingerprint density at radius 1 is 1.00 bits per heavy atom. The third-order valence-corrected chi connectivity index (χ3v) is 6.50. The average molecular weight is 360 g/mol. The number of hydrogen-bond donors (Lipinski definition) is 1. The lowest BCUT2D eigenvalue weighted by Crippen LogP contribution is -2.41. The second-order valence-corrected chi connectivity index (χ2v) is 8.94. The molecule has 1 heterocycles. The molecule has 0 radical (unpaired) electrons. The van der Waals surface area contributed by atoms with Gasteiger partial charge in [0.25, 0.3) is 0 Å². The predicted molar refractivity (Wildman–Crippen MR) is 110 cm³/mol. The summed E-state index contributed by atoms with van der Waals surface area (Å²) in [5, 5.41) is 11.4. The molecule has 2 rings (SSSR count). The van der Waals surface area contributed by atoms with Gasteiger partial charge in [-0.05, 0) is 76.5 Å². The van der Waals surface area contributed by atoms with E-state index in [2.05, 4.69) is 67.5 Å². The summed E-state index contributed by atoms with van der Waals surface area (Å²) in [7, 11) is -0.394. The molecular weight excluding hydrogens is 323 g/mol. The maximum Gasteiger partial charge on any atom is 0.494 e. The highest BCUT2D eigenvalue weighted by molar-refractivity contribution is 6.62. The fourth-order valence-corrected chi connectivity index (χ4v) is 3.66. The molecule has 0 saturated carbocycles. The van der Waals surface area contributed by atoms with Crippen molar-refractivity contribution < 1.29 is 14.4 Å². The van der Waals surface area contributed by atoms with Crippen LogP contribution in [0.2, 0.25) is 0 Å². The van der Waals surface area contributed by atoms with Gasteiger partial charge in [-0.25, -0.2) is 0 Å². The van der Waals surface area contributed by atoms with Gasteiger partial charge in [0.05, 0.1) is 16.8 Å². The molecule has 0 aromatic heterocycles. The van der Waals surface area contributed by atoms with Crippen LogP contribution < -0.4 is 5.46 Å². The molecule has 26 heavy (non-hydrogen) atoms. The highest BCUT2D eigenvalue weighted by Crippen LogP contribution is 2.38. The Labute approximate surface area is 160 Å². The Bertz CT molecular complexity index is 623. The zero-order valence-electron chi connectivity index (χ0n) is 18.0. The lowest BCUT2D eigenvalue weighted by Gasteiger charge is -2.32. The fraction of sp³-hybridized carbons (Fsp3) is 0.727. The first-order chi connectivity index (χ1) is 12.0. The van der Waals surface area contributed by atoms with Gasteiger partial charge in [0.15, 0.2) is 0 Å². The minimum Gasteiger partial charge on any atom is -0.399 e. The van der Waals surface area contributed by atoms with Crippen LogP contribution in [0.1, 0.15) is 90.3 Å². The number of benzene rings is 1. The summed E-state index contributed by atoms with van der Waals surface area (Å²) in [6.07, 6.45) is 4.86. The minimum absolute atomic E-state index is 0.362. The molecule has 0 bridgehead atoms. The van der Waals surface area contributed by atoms with Gasteiger partial charge in [0.2, 0.25) is 0 Å². The molecule has 3 nitrogen and oxygen atoms in total. The van der Waals surface area contributed by atoms with Crippen LogP contribution in [0.3, 0.4) is 0 Å². The Kier molecular flexibility index (Phi) is 6.32. The molecule has 1 saturated heterocycles. The lowest BCUT2D eigenvalue weighted by molar-refractivity contribution is 0.00578. The van der Waals surface area contributed by atoms with Gasteiger partial charge < -0.3 is 14.4 Å². The first-order valence-corrected chi connectivity index (χ1v) is 10.2. The van der Waals surface area contributed by atoms with E-state index in [0.717, 1.165) is 36.7 Å². The number of unbranched alkanes of at least 4 members (excludes halogenated alkanes) is 2. The Balaban J connectivity index is 2.41. The Hall–Kier alpha value is -0.835. The third-order valence-electron chi connectivity index (χ3n) is 6.50. The molecule has 1 aromatic carbocycles. The van der Waals surface area contributed by atoms with Gasteiger partial charge in [0, 0.05) is 0 Å². The number of rotatable bonds is 7. The van der Waals surface area contributed by atoms with Gasteiger partial charge in [-0.15, -0.1) is 0 Å². The fourth-order valence-electron chi connectivity index (χ4n) is 3.66. The van der Waals surface area contributed by atoms with Crippen LogP contribution >= 0.6 is 0 Å². The van der Waals surface area contributed by atoms with E-state index in [-0.39, 0.29) is 11.2 Å². The monoisotopic (exact) mass is 360 g/mol. The summed E-state index contributed by atoms with van der Waals surface area (Å²) < 4.78 is 12.5. The highest BCUT2D eigenvalue weighted by atomic mass is 16.7. The summed E-state index contributed by atoms with van der Waals surface area (Å²) in [6.45, 7) is 16.8. The van der Waals surface area contributed by atoms with Crippen molar-refractivity contribution in [3.8, 4) is 0 Å². The van der Waals surface area contributed by atoms with Crippen LogP contribution in [-0.2, 0) is 14.9 Å². The van der Waals surface area contributed by atoms with Crippen molar-refractivity contribution in [3.63, 3.8) is 0 Å². The molecule has 1 atom stereocenters. The van der Waals surface area contributed by atoms with Crippen molar-refractivity contribution in [3.05, 3.63) is 28.8 Å². The molecule has 1 fully saturated rings. The van der Waals surface area contributed by atoms with Crippen LogP contribution in [0.5, 0.6) is 0 Å². The van der Waals surface area contributed by atoms with Crippen LogP contribution in [0.15, 0.2) is 12.1 Å². The molecule has 1 N–H and O–H groups in total. The summed E-state index contributed by atoms with van der Waals surface area (Å²) in [5.74, 6) is 0. The normalized spacial score (nSPS) is 21.0. The molecule has 1 unspecified atom stereocenters. The zero-order chi connectivity index (χ0) is 19.8. The van der Waals surface area contributed by atoms with Crippen molar-refractivity contribution >= 4 is 12.6 Å². The molecule has 146 valence electrons. The summed E-state index contributed by atoms with van der Waals surface area (Å²) in [6, 6.07) is 4.25. The quantitative estimate of drug-likeness (QED) is 0.562. The molecule has 0 aliphatic carbocycles. The topological polar surface area (TPSA) is 38.7 Å². The van der Waals surface area contributed by atoms with Gasteiger partial charge in [-0.3, -0.25) is 0 Å². The average Bonchev–Trinajstić information content (AvgIpc) is 2.78. The number of aryl methyl sites for hydroxylation is 1. The lowest BCUT2D eigenvalue weighted by atomic mass is 9.73. The van der Waals surface area contributed by atoms with E-state index in [1.807, 2.05) is 0 Å². The summed E-state index contributed by atoms with van der Waals surface area (Å²) in [4.78, 5) is 0. The van der Waals surface area contributed by atoms with Crippen molar-refractivity contribution in [1.29, 1.82) is 0 Å². The summed E-state index contributed by atoms with van der Waals surface area (Å²) in [5.41, 5.74) is 2.87. The highest BCUT2D eigenvalue weighted by Gasteiger charge is 2.52. The first-order valence-electron chi connectivity index (χ1n) is 10.2. The van der Waals surface area contributed by atoms with Crippen LogP contribution in [0, 0.1) is 13.8 Å². The smallest absolute Gasteiger partial charge is 0.399 e. The van der Waals surface area contributed by atoms with E-state index in [4.69, 9.17) is 9.31 Å². The molecule has 0 spiro atoms. The van der Waals surface area contributed by atoms with Gasteiger partial charge in [0.1, 0.15) is 0 Å². The SMILES string of the molecule is CCCCCC(O)(CC)c1cc(B2OC(C)(C)C(C)(C)O2)cc(C)c1C. The van der Waals surface area contributed by atoms with Crippen molar-refractivity contribution in [2.75, 3.05) is 0 Å². The third kappa shape index (κ3) is 4.03. The van der Waals surface area contributed by atoms with E-state index in [1.54, 1.807) is 0 Å². The van der Waals surface area contributed by atoms with E-state index < -0.39 is 12.7 Å². The zero-order valence-corrected chi connectivity index (χ0v) is 18.0. The largest absolute Gasteiger partial charge is 0.494 e.